The predicted molar refractivity (Wildman–Crippen MR) is 153 cm³/mol. The molecule has 1 aromatic heterocycles. The van der Waals surface area contributed by atoms with Gasteiger partial charge in [-0.05, 0) is 64.6 Å². The summed E-state index contributed by atoms with van der Waals surface area (Å²) in [6.45, 7) is 0.597. The molecule has 0 saturated carbocycles. The Hall–Kier alpha value is -3.58. The molecule has 0 amide bonds. The Morgan fingerprint density at radius 3 is 1.93 bits per heavy atom. The zero-order valence-corrected chi connectivity index (χ0v) is 22.8. The number of imidazole rings is 1. The van der Waals surface area contributed by atoms with Crippen LogP contribution in [-0.2, 0) is 32.2 Å². The number of aryl methyl sites for hydroxylation is 2. The zero-order chi connectivity index (χ0) is 28.3. The second-order valence-corrected chi connectivity index (χ2v) is 10.4. The van der Waals surface area contributed by atoms with E-state index in [1.165, 1.54) is 12.1 Å². The summed E-state index contributed by atoms with van der Waals surface area (Å²) in [6.07, 6.45) is -0.977. The van der Waals surface area contributed by atoms with Gasteiger partial charge in [0.25, 0.3) is 0 Å². The molecular formula is C32H25Cl2F3N2O. The maximum absolute atomic E-state index is 12.9. The van der Waals surface area contributed by atoms with Crippen molar-refractivity contribution in [2.75, 3.05) is 0 Å². The Morgan fingerprint density at radius 2 is 1.32 bits per heavy atom. The number of aliphatic hydroxyl groups is 1. The molecule has 0 saturated heterocycles. The number of aliphatic hydroxyl groups excluding tert-OH is 1. The molecule has 4 aromatic carbocycles. The second-order valence-electron chi connectivity index (χ2n) is 9.54. The van der Waals surface area contributed by atoms with E-state index < -0.39 is 11.7 Å². The largest absolute Gasteiger partial charge is 0.416 e. The third kappa shape index (κ3) is 6.58. The number of aromatic nitrogens is 2. The Morgan fingerprint density at radius 1 is 0.725 bits per heavy atom. The van der Waals surface area contributed by atoms with Gasteiger partial charge in [-0.25, -0.2) is 4.98 Å². The molecule has 8 heteroatoms. The first kappa shape index (κ1) is 28.0. The van der Waals surface area contributed by atoms with Crippen LogP contribution in [-0.4, -0.2) is 14.7 Å². The van der Waals surface area contributed by atoms with E-state index in [2.05, 4.69) is 4.57 Å². The van der Waals surface area contributed by atoms with E-state index in [4.69, 9.17) is 28.2 Å². The lowest BCUT2D eigenvalue weighted by Gasteiger charge is -2.10. The number of halogens is 5. The quantitative estimate of drug-likeness (QED) is 0.199. The number of nitrogens with zero attached hydrogens (tertiary/aromatic N) is 2. The van der Waals surface area contributed by atoms with Crippen molar-refractivity contribution in [1.82, 2.24) is 9.55 Å². The third-order valence-electron chi connectivity index (χ3n) is 6.76. The molecule has 3 nitrogen and oxygen atoms in total. The molecule has 1 N–H and O–H groups in total. The fourth-order valence-electron chi connectivity index (χ4n) is 4.54. The van der Waals surface area contributed by atoms with Crippen LogP contribution in [0.1, 0.15) is 28.1 Å². The lowest BCUT2D eigenvalue weighted by molar-refractivity contribution is -0.137. The lowest BCUT2D eigenvalue weighted by atomic mass is 10.0. The van der Waals surface area contributed by atoms with Gasteiger partial charge in [-0.2, -0.15) is 13.2 Å². The normalized spacial score (nSPS) is 11.7. The lowest BCUT2D eigenvalue weighted by Crippen LogP contribution is -2.06. The Balaban J connectivity index is 1.36. The van der Waals surface area contributed by atoms with Crippen LogP contribution in [0.4, 0.5) is 13.2 Å². The highest BCUT2D eigenvalue weighted by molar-refractivity contribution is 6.36. The van der Waals surface area contributed by atoms with Crippen molar-refractivity contribution in [3.8, 4) is 22.4 Å². The molecule has 0 radical (unpaired) electrons. The molecule has 0 spiro atoms. The second kappa shape index (κ2) is 11.9. The van der Waals surface area contributed by atoms with Crippen molar-refractivity contribution in [2.24, 2.45) is 0 Å². The monoisotopic (exact) mass is 580 g/mol. The van der Waals surface area contributed by atoms with Gasteiger partial charge in [-0.3, -0.25) is 0 Å². The summed E-state index contributed by atoms with van der Waals surface area (Å²) in [5.41, 5.74) is 5.48. The van der Waals surface area contributed by atoms with Crippen LogP contribution < -0.4 is 0 Å². The maximum Gasteiger partial charge on any atom is 0.416 e. The maximum atomic E-state index is 12.9. The third-order valence-corrected chi connectivity index (χ3v) is 7.31. The van der Waals surface area contributed by atoms with E-state index >= 15 is 0 Å². The minimum atomic E-state index is -4.35. The van der Waals surface area contributed by atoms with Gasteiger partial charge < -0.3 is 9.67 Å². The smallest absolute Gasteiger partial charge is 0.392 e. The molecule has 1 heterocycles. The first-order chi connectivity index (χ1) is 19.2. The van der Waals surface area contributed by atoms with E-state index in [1.54, 1.807) is 12.1 Å². The van der Waals surface area contributed by atoms with E-state index in [0.717, 1.165) is 63.5 Å². The molecule has 0 unspecified atom stereocenters. The van der Waals surface area contributed by atoms with Crippen molar-refractivity contribution in [3.63, 3.8) is 0 Å². The van der Waals surface area contributed by atoms with E-state index in [0.29, 0.717) is 23.0 Å². The first-order valence-corrected chi connectivity index (χ1v) is 13.4. The van der Waals surface area contributed by atoms with Crippen molar-refractivity contribution >= 4 is 23.2 Å². The highest BCUT2D eigenvalue weighted by Crippen LogP contribution is 2.32. The van der Waals surface area contributed by atoms with Crippen molar-refractivity contribution in [3.05, 3.63) is 135 Å². The average molecular weight is 581 g/mol. The van der Waals surface area contributed by atoms with E-state index in [1.807, 2.05) is 60.8 Å². The zero-order valence-electron chi connectivity index (χ0n) is 21.3. The van der Waals surface area contributed by atoms with Crippen LogP contribution in [0.5, 0.6) is 0 Å². The summed E-state index contributed by atoms with van der Waals surface area (Å²) in [7, 11) is 0. The van der Waals surface area contributed by atoms with Gasteiger partial charge in [0.15, 0.2) is 0 Å². The molecule has 204 valence electrons. The van der Waals surface area contributed by atoms with Crippen LogP contribution in [0, 0.1) is 0 Å². The standard InChI is InChI=1S/C32H25Cl2F3N2O/c33-27-14-15-28(29(34)17-27)30-19-39(18-22-1-3-23(20-40)4-2-22)31(38-30)16-7-21-5-8-24(9-6-21)25-10-12-26(13-11-25)32(35,36)37/h1-6,8-15,17,19,40H,7,16,18,20H2. The molecule has 0 fully saturated rings. The summed E-state index contributed by atoms with van der Waals surface area (Å²) >= 11 is 12.6. The van der Waals surface area contributed by atoms with Crippen LogP contribution in [0.3, 0.4) is 0 Å². The molecule has 0 aliphatic carbocycles. The summed E-state index contributed by atoms with van der Waals surface area (Å²) in [5.74, 6) is 0.888. The number of rotatable bonds is 8. The summed E-state index contributed by atoms with van der Waals surface area (Å²) in [5, 5.41) is 10.4. The van der Waals surface area contributed by atoms with Gasteiger partial charge in [-0.1, -0.05) is 83.9 Å². The highest BCUT2D eigenvalue weighted by atomic mass is 35.5. The number of alkyl halides is 3. The highest BCUT2D eigenvalue weighted by Gasteiger charge is 2.30. The van der Waals surface area contributed by atoms with Crippen LogP contribution >= 0.6 is 23.2 Å². The predicted octanol–water partition coefficient (Wildman–Crippen LogP) is 8.87. The molecule has 0 aliphatic rings. The molecule has 0 aliphatic heterocycles. The Labute approximate surface area is 240 Å². The van der Waals surface area contributed by atoms with Gasteiger partial charge in [0.2, 0.25) is 0 Å². The molecular weight excluding hydrogens is 556 g/mol. The minimum Gasteiger partial charge on any atom is -0.392 e. The minimum absolute atomic E-state index is 0.00647. The van der Waals surface area contributed by atoms with Crippen LogP contribution in [0.15, 0.2) is 97.2 Å². The van der Waals surface area contributed by atoms with Gasteiger partial charge in [0, 0.05) is 29.7 Å². The van der Waals surface area contributed by atoms with Gasteiger partial charge >= 0.3 is 6.18 Å². The molecule has 0 atom stereocenters. The Bertz CT molecular complexity index is 1590. The number of benzene rings is 4. The van der Waals surface area contributed by atoms with Crippen molar-refractivity contribution in [2.45, 2.75) is 32.2 Å². The Kier molecular flexibility index (Phi) is 8.31. The fourth-order valence-corrected chi connectivity index (χ4v) is 5.04. The summed E-state index contributed by atoms with van der Waals surface area (Å²) in [6, 6.07) is 26.1. The van der Waals surface area contributed by atoms with Gasteiger partial charge in [0.1, 0.15) is 5.82 Å². The van der Waals surface area contributed by atoms with Gasteiger partial charge in [-0.15, -0.1) is 0 Å². The number of hydrogen-bond donors (Lipinski definition) is 1. The topological polar surface area (TPSA) is 38.0 Å². The number of hydrogen-bond acceptors (Lipinski definition) is 2. The molecule has 5 aromatic rings. The molecule has 5 rings (SSSR count). The van der Waals surface area contributed by atoms with Crippen molar-refractivity contribution in [1.29, 1.82) is 0 Å². The average Bonchev–Trinajstić information content (AvgIpc) is 3.34. The van der Waals surface area contributed by atoms with Crippen LogP contribution in [0.25, 0.3) is 22.4 Å². The first-order valence-electron chi connectivity index (χ1n) is 12.7. The summed E-state index contributed by atoms with van der Waals surface area (Å²) in [4.78, 5) is 4.91. The van der Waals surface area contributed by atoms with Gasteiger partial charge in [0.05, 0.1) is 22.9 Å². The molecule has 0 bridgehead atoms. The van der Waals surface area contributed by atoms with Crippen LogP contribution in [0.2, 0.25) is 10.0 Å². The van der Waals surface area contributed by atoms with E-state index in [9.17, 15) is 18.3 Å². The fraction of sp³-hybridized carbons (Fsp3) is 0.156. The SMILES string of the molecule is OCc1ccc(Cn2cc(-c3ccc(Cl)cc3Cl)nc2CCc2ccc(-c3ccc(C(F)(F)F)cc3)cc2)cc1. The summed E-state index contributed by atoms with van der Waals surface area (Å²) < 4.78 is 40.8. The molecule has 40 heavy (non-hydrogen) atoms. The van der Waals surface area contributed by atoms with E-state index in [-0.39, 0.29) is 6.61 Å². The van der Waals surface area contributed by atoms with Crippen molar-refractivity contribution < 1.29 is 18.3 Å².